The molecule has 3 heterocycles. The second-order valence-corrected chi connectivity index (χ2v) is 5.27. The zero-order chi connectivity index (χ0) is 13.5. The molecular weight excluding hydrogens is 255 g/mol. The summed E-state index contributed by atoms with van der Waals surface area (Å²) < 4.78 is 38.0. The lowest BCUT2D eigenvalue weighted by atomic mass is 10.1. The highest BCUT2D eigenvalue weighted by atomic mass is 19.4. The highest BCUT2D eigenvalue weighted by Crippen LogP contribution is 2.31. The van der Waals surface area contributed by atoms with Crippen LogP contribution in [0.5, 0.6) is 0 Å². The molecule has 2 fully saturated rings. The van der Waals surface area contributed by atoms with Crippen LogP contribution in [0.15, 0.2) is 18.3 Å². The number of anilines is 1. The lowest BCUT2D eigenvalue weighted by Gasteiger charge is -2.26. The number of alkyl halides is 3. The summed E-state index contributed by atoms with van der Waals surface area (Å²) in [6.45, 7) is 1.58. The lowest BCUT2D eigenvalue weighted by molar-refractivity contribution is -0.141. The fourth-order valence-corrected chi connectivity index (χ4v) is 2.95. The fourth-order valence-electron chi connectivity index (χ4n) is 2.95. The zero-order valence-electron chi connectivity index (χ0n) is 10.5. The van der Waals surface area contributed by atoms with Crippen LogP contribution in [0.2, 0.25) is 0 Å². The standard InChI is InChI=1S/C13H16F3N3/c14-13(15,16)12-7-11(3-5-17-12)19-6-4-9-1-2-10(8-19)18-9/h3,5,7,9-10,18H,1-2,4,6,8H2. The van der Waals surface area contributed by atoms with Crippen LogP contribution >= 0.6 is 0 Å². The van der Waals surface area contributed by atoms with Gasteiger partial charge in [-0.1, -0.05) is 0 Å². The number of aromatic nitrogens is 1. The Kier molecular flexibility index (Phi) is 3.12. The third kappa shape index (κ3) is 2.68. The first-order valence-electron chi connectivity index (χ1n) is 6.56. The molecule has 6 heteroatoms. The summed E-state index contributed by atoms with van der Waals surface area (Å²) in [6, 6.07) is 3.74. The fraction of sp³-hybridized carbons (Fsp3) is 0.615. The second kappa shape index (κ2) is 4.67. The quantitative estimate of drug-likeness (QED) is 0.850. The van der Waals surface area contributed by atoms with Crippen LogP contribution in [0.3, 0.4) is 0 Å². The third-order valence-corrected chi connectivity index (χ3v) is 3.92. The van der Waals surface area contributed by atoms with Crippen molar-refractivity contribution < 1.29 is 13.2 Å². The van der Waals surface area contributed by atoms with Crippen molar-refractivity contribution in [2.45, 2.75) is 37.5 Å². The summed E-state index contributed by atoms with van der Waals surface area (Å²) in [5.41, 5.74) is -0.191. The van der Waals surface area contributed by atoms with Gasteiger partial charge in [0.05, 0.1) is 0 Å². The van der Waals surface area contributed by atoms with Gasteiger partial charge in [-0.25, -0.2) is 0 Å². The molecule has 2 atom stereocenters. The van der Waals surface area contributed by atoms with Crippen molar-refractivity contribution in [1.29, 1.82) is 0 Å². The molecule has 2 aliphatic heterocycles. The Labute approximate surface area is 109 Å². The number of halogens is 3. The zero-order valence-corrected chi connectivity index (χ0v) is 10.5. The Morgan fingerprint density at radius 1 is 1.21 bits per heavy atom. The van der Waals surface area contributed by atoms with Crippen LogP contribution in [-0.4, -0.2) is 30.2 Å². The van der Waals surface area contributed by atoms with Crippen molar-refractivity contribution in [2.75, 3.05) is 18.0 Å². The highest BCUT2D eigenvalue weighted by molar-refractivity contribution is 5.47. The topological polar surface area (TPSA) is 28.2 Å². The van der Waals surface area contributed by atoms with Crippen molar-refractivity contribution in [2.24, 2.45) is 0 Å². The van der Waals surface area contributed by atoms with E-state index in [1.165, 1.54) is 12.6 Å². The molecule has 0 aromatic carbocycles. The molecule has 0 spiro atoms. The lowest BCUT2D eigenvalue weighted by Crippen LogP contribution is -2.35. The van der Waals surface area contributed by atoms with Crippen LogP contribution in [0, 0.1) is 0 Å². The average Bonchev–Trinajstić information content (AvgIpc) is 2.68. The molecule has 0 aliphatic carbocycles. The van der Waals surface area contributed by atoms with E-state index in [1.807, 2.05) is 4.90 Å². The Morgan fingerprint density at radius 3 is 2.79 bits per heavy atom. The average molecular weight is 271 g/mol. The maximum Gasteiger partial charge on any atom is 0.433 e. The van der Waals surface area contributed by atoms with Gasteiger partial charge in [-0.05, 0) is 31.4 Å². The molecule has 1 aromatic heterocycles. The van der Waals surface area contributed by atoms with Gasteiger partial charge in [0.1, 0.15) is 5.69 Å². The maximum atomic E-state index is 12.7. The first-order valence-corrected chi connectivity index (χ1v) is 6.56. The number of hydrogen-bond donors (Lipinski definition) is 1. The van der Waals surface area contributed by atoms with Gasteiger partial charge < -0.3 is 10.2 Å². The number of fused-ring (bicyclic) bond motifs is 2. The summed E-state index contributed by atoms with van der Waals surface area (Å²) in [5.74, 6) is 0. The normalized spacial score (nSPS) is 27.4. The van der Waals surface area contributed by atoms with Crippen molar-refractivity contribution >= 4 is 5.69 Å². The van der Waals surface area contributed by atoms with Gasteiger partial charge in [-0.15, -0.1) is 0 Å². The van der Waals surface area contributed by atoms with Crippen LogP contribution in [0.4, 0.5) is 18.9 Å². The van der Waals surface area contributed by atoms with Crippen molar-refractivity contribution in [3.63, 3.8) is 0 Å². The first-order chi connectivity index (χ1) is 9.02. The van der Waals surface area contributed by atoms with E-state index in [9.17, 15) is 13.2 Å². The molecule has 3 nitrogen and oxygen atoms in total. The van der Waals surface area contributed by atoms with Crippen LogP contribution in [0.1, 0.15) is 25.0 Å². The molecule has 3 rings (SSSR count). The van der Waals surface area contributed by atoms with Crippen molar-refractivity contribution in [1.82, 2.24) is 10.3 Å². The molecule has 0 amide bonds. The predicted molar refractivity (Wildman–Crippen MR) is 66.0 cm³/mol. The molecule has 1 aromatic rings. The minimum absolute atomic E-state index is 0.398. The van der Waals surface area contributed by atoms with Gasteiger partial charge in [0.25, 0.3) is 0 Å². The van der Waals surface area contributed by atoms with Gasteiger partial charge in [0.15, 0.2) is 0 Å². The number of hydrogen-bond acceptors (Lipinski definition) is 3. The second-order valence-electron chi connectivity index (χ2n) is 5.27. The molecule has 104 valence electrons. The Hall–Kier alpha value is -1.30. The molecule has 0 radical (unpaired) electrons. The van der Waals surface area contributed by atoms with Gasteiger partial charge >= 0.3 is 6.18 Å². The minimum Gasteiger partial charge on any atom is -0.370 e. The van der Waals surface area contributed by atoms with E-state index < -0.39 is 11.9 Å². The van der Waals surface area contributed by atoms with Crippen LogP contribution in [0.25, 0.3) is 0 Å². The highest BCUT2D eigenvalue weighted by Gasteiger charge is 2.34. The number of nitrogens with zero attached hydrogens (tertiary/aromatic N) is 2. The SMILES string of the molecule is FC(F)(F)c1cc(N2CCC3CCC(C2)N3)ccn1. The molecule has 0 saturated carbocycles. The van der Waals surface area contributed by atoms with Crippen molar-refractivity contribution in [3.8, 4) is 0 Å². The molecule has 2 bridgehead atoms. The van der Waals surface area contributed by atoms with E-state index in [4.69, 9.17) is 0 Å². The first kappa shape index (κ1) is 12.7. The summed E-state index contributed by atoms with van der Waals surface area (Å²) >= 11 is 0. The monoisotopic (exact) mass is 271 g/mol. The Morgan fingerprint density at radius 2 is 2.00 bits per heavy atom. The van der Waals surface area contributed by atoms with Crippen LogP contribution in [-0.2, 0) is 6.18 Å². The van der Waals surface area contributed by atoms with Gasteiger partial charge in [-0.2, -0.15) is 13.2 Å². The maximum absolute atomic E-state index is 12.7. The van der Waals surface area contributed by atoms with E-state index in [2.05, 4.69) is 10.3 Å². The summed E-state index contributed by atoms with van der Waals surface area (Å²) in [6.07, 6.45) is 0.148. The largest absolute Gasteiger partial charge is 0.433 e. The molecule has 2 unspecified atom stereocenters. The van der Waals surface area contributed by atoms with E-state index in [0.717, 1.165) is 32.0 Å². The Bertz CT molecular complexity index is 461. The molecule has 19 heavy (non-hydrogen) atoms. The molecular formula is C13H16F3N3. The predicted octanol–water partition coefficient (Wildman–Crippen LogP) is 2.43. The summed E-state index contributed by atoms with van der Waals surface area (Å²) in [7, 11) is 0. The Balaban J connectivity index is 1.82. The molecule has 1 N–H and O–H groups in total. The number of rotatable bonds is 1. The van der Waals surface area contributed by atoms with E-state index >= 15 is 0 Å². The van der Waals surface area contributed by atoms with Gasteiger partial charge in [0.2, 0.25) is 0 Å². The minimum atomic E-state index is -4.38. The van der Waals surface area contributed by atoms with Crippen molar-refractivity contribution in [3.05, 3.63) is 24.0 Å². The molecule has 2 aliphatic rings. The van der Waals surface area contributed by atoms with Gasteiger partial charge in [-0.3, -0.25) is 4.98 Å². The third-order valence-electron chi connectivity index (χ3n) is 3.92. The van der Waals surface area contributed by atoms with E-state index in [-0.39, 0.29) is 0 Å². The number of pyridine rings is 1. The summed E-state index contributed by atoms with van der Waals surface area (Å²) in [4.78, 5) is 5.45. The van der Waals surface area contributed by atoms with Crippen LogP contribution < -0.4 is 10.2 Å². The smallest absolute Gasteiger partial charge is 0.370 e. The van der Waals surface area contributed by atoms with E-state index in [1.54, 1.807) is 6.07 Å². The summed E-state index contributed by atoms with van der Waals surface area (Å²) in [5, 5.41) is 3.52. The van der Waals surface area contributed by atoms with Gasteiger partial charge in [0, 0.05) is 37.1 Å². The van der Waals surface area contributed by atoms with E-state index in [0.29, 0.717) is 17.8 Å². The molecule has 2 saturated heterocycles. The number of nitrogens with one attached hydrogen (secondary N) is 1.